The van der Waals surface area contributed by atoms with Gasteiger partial charge in [-0.05, 0) is 23.6 Å². The fourth-order valence-electron chi connectivity index (χ4n) is 4.23. The zero-order valence-corrected chi connectivity index (χ0v) is 19.5. The van der Waals surface area contributed by atoms with Gasteiger partial charge in [0.15, 0.2) is 10.9 Å². The number of rotatable bonds is 5. The zero-order valence-electron chi connectivity index (χ0n) is 17.9. The van der Waals surface area contributed by atoms with Crippen molar-refractivity contribution in [2.24, 2.45) is 5.92 Å². The van der Waals surface area contributed by atoms with E-state index in [0.717, 1.165) is 19.6 Å². The van der Waals surface area contributed by atoms with E-state index in [4.69, 9.17) is 0 Å². The van der Waals surface area contributed by atoms with E-state index in [1.165, 1.54) is 22.4 Å². The number of anilines is 1. The Hall–Kier alpha value is -2.95. The van der Waals surface area contributed by atoms with Crippen molar-refractivity contribution in [1.82, 2.24) is 19.8 Å². The molecule has 3 aromatic rings. The van der Waals surface area contributed by atoms with E-state index >= 15 is 0 Å². The number of piperazine rings is 1. The van der Waals surface area contributed by atoms with Gasteiger partial charge in [-0.2, -0.15) is 0 Å². The Morgan fingerprint density at radius 2 is 1.97 bits per heavy atom. The Morgan fingerprint density at radius 1 is 1.12 bits per heavy atom. The second kappa shape index (κ2) is 9.50. The molecule has 4 heterocycles. The lowest BCUT2D eigenvalue weighted by Crippen LogP contribution is -2.50. The topological polar surface area (TPSA) is 95.5 Å². The second-order valence-electron chi connectivity index (χ2n) is 8.20. The Balaban J connectivity index is 1.20. The van der Waals surface area contributed by atoms with Crippen LogP contribution in [0.15, 0.2) is 42.0 Å². The maximum atomic E-state index is 13.2. The molecule has 8 nitrogen and oxygen atoms in total. The number of fused-ring (bicyclic) bond motifs is 1. The average molecular weight is 482 g/mol. The van der Waals surface area contributed by atoms with Crippen molar-refractivity contribution < 1.29 is 14.4 Å². The first-order valence-electron chi connectivity index (χ1n) is 10.8. The Kier molecular flexibility index (Phi) is 6.30. The van der Waals surface area contributed by atoms with Gasteiger partial charge in [-0.1, -0.05) is 17.4 Å². The summed E-state index contributed by atoms with van der Waals surface area (Å²) >= 11 is 2.92. The number of pyridine rings is 1. The third-order valence-corrected chi connectivity index (χ3v) is 7.87. The normalized spacial score (nSPS) is 18.7. The molecule has 5 rings (SSSR count). The highest BCUT2D eigenvalue weighted by Gasteiger charge is 2.36. The number of carbonyl (C=O) groups is 3. The van der Waals surface area contributed by atoms with Crippen molar-refractivity contribution in [2.75, 3.05) is 31.5 Å². The molecule has 1 aliphatic heterocycles. The van der Waals surface area contributed by atoms with Crippen LogP contribution >= 0.6 is 22.7 Å². The van der Waals surface area contributed by atoms with Crippen LogP contribution in [0.3, 0.4) is 0 Å². The lowest BCUT2D eigenvalue weighted by molar-refractivity contribution is -0.137. The van der Waals surface area contributed by atoms with E-state index < -0.39 is 5.92 Å². The molecule has 10 heteroatoms. The molecule has 3 aromatic heterocycles. The van der Waals surface area contributed by atoms with Crippen molar-refractivity contribution in [2.45, 2.75) is 19.4 Å². The third-order valence-electron chi connectivity index (χ3n) is 5.96. The highest BCUT2D eigenvalue weighted by atomic mass is 32.1. The van der Waals surface area contributed by atoms with Gasteiger partial charge >= 0.3 is 0 Å². The van der Waals surface area contributed by atoms with Gasteiger partial charge in [0.05, 0.1) is 22.1 Å². The van der Waals surface area contributed by atoms with Crippen molar-refractivity contribution in [3.8, 4) is 0 Å². The van der Waals surface area contributed by atoms with E-state index in [2.05, 4.69) is 37.7 Å². The van der Waals surface area contributed by atoms with E-state index in [1.54, 1.807) is 29.7 Å². The summed E-state index contributed by atoms with van der Waals surface area (Å²) in [6, 6.07) is 7.54. The molecule has 1 aliphatic carbocycles. The molecule has 1 fully saturated rings. The standard InChI is InChI=1S/C23H23N5O3S2/c29-19-12-16(22(31)28-8-6-27(7-9-28)14-17-4-2-10-32-17)11-18-20(19)33-23(25-18)26-21(30)15-3-1-5-24-13-15/h1-5,10,13,16H,6-9,11-12,14H2,(H,25,26,30)/t16-/m1/s1. The Labute approximate surface area is 199 Å². The number of nitrogens with one attached hydrogen (secondary N) is 1. The largest absolute Gasteiger partial charge is 0.340 e. The van der Waals surface area contributed by atoms with E-state index in [9.17, 15) is 14.4 Å². The SMILES string of the molecule is O=C(Nc1nc2c(s1)C(=O)C[C@H](C(=O)N1CCN(Cc3cccs3)CC1)C2)c1cccnc1. The first kappa shape index (κ1) is 21.9. The molecule has 1 saturated heterocycles. The number of aromatic nitrogens is 2. The summed E-state index contributed by atoms with van der Waals surface area (Å²) in [4.78, 5) is 52.8. The molecular weight excluding hydrogens is 458 g/mol. The van der Waals surface area contributed by atoms with Gasteiger partial charge in [-0.25, -0.2) is 4.98 Å². The van der Waals surface area contributed by atoms with Crippen LogP contribution in [0.1, 0.15) is 37.0 Å². The highest BCUT2D eigenvalue weighted by molar-refractivity contribution is 7.17. The van der Waals surface area contributed by atoms with Crippen molar-refractivity contribution in [1.29, 1.82) is 0 Å². The summed E-state index contributed by atoms with van der Waals surface area (Å²) < 4.78 is 0. The van der Waals surface area contributed by atoms with Crippen molar-refractivity contribution >= 4 is 45.4 Å². The first-order chi connectivity index (χ1) is 16.1. The molecule has 1 atom stereocenters. The third kappa shape index (κ3) is 4.87. The second-order valence-corrected chi connectivity index (χ2v) is 10.2. The molecule has 0 saturated carbocycles. The summed E-state index contributed by atoms with van der Waals surface area (Å²) in [6.45, 7) is 3.92. The lowest BCUT2D eigenvalue weighted by Gasteiger charge is -2.36. The van der Waals surface area contributed by atoms with E-state index in [0.29, 0.717) is 40.8 Å². The number of thiazole rings is 1. The van der Waals surface area contributed by atoms with Crippen molar-refractivity contribution in [3.05, 3.63) is 63.1 Å². The number of thiophene rings is 1. The van der Waals surface area contributed by atoms with Gasteiger partial charge in [0.2, 0.25) is 5.91 Å². The van der Waals surface area contributed by atoms with Crippen LogP contribution in [0.4, 0.5) is 5.13 Å². The van der Waals surface area contributed by atoms with Gasteiger partial charge in [0.25, 0.3) is 5.91 Å². The molecule has 0 unspecified atom stereocenters. The molecule has 0 bridgehead atoms. The van der Waals surface area contributed by atoms with E-state index in [1.807, 2.05) is 4.90 Å². The van der Waals surface area contributed by atoms with Gasteiger partial charge in [0.1, 0.15) is 0 Å². The van der Waals surface area contributed by atoms with Crippen LogP contribution in [0.5, 0.6) is 0 Å². The molecule has 0 spiro atoms. The number of nitrogens with zero attached hydrogens (tertiary/aromatic N) is 4. The number of hydrogen-bond acceptors (Lipinski definition) is 8. The van der Waals surface area contributed by atoms with Gasteiger partial charge in [-0.3, -0.25) is 29.6 Å². The van der Waals surface area contributed by atoms with Crippen LogP contribution in [0, 0.1) is 5.92 Å². The molecule has 0 radical (unpaired) electrons. The summed E-state index contributed by atoms with van der Waals surface area (Å²) in [6.07, 6.45) is 3.69. The lowest BCUT2D eigenvalue weighted by atomic mass is 9.88. The summed E-state index contributed by atoms with van der Waals surface area (Å²) in [7, 11) is 0. The van der Waals surface area contributed by atoms with Crippen LogP contribution in [-0.4, -0.2) is 63.5 Å². The van der Waals surface area contributed by atoms with Crippen LogP contribution in [0.2, 0.25) is 0 Å². The molecular formula is C23H23N5O3S2. The van der Waals surface area contributed by atoms with Crippen LogP contribution in [0.25, 0.3) is 0 Å². The van der Waals surface area contributed by atoms with Gasteiger partial charge in [-0.15, -0.1) is 11.3 Å². The number of amides is 2. The minimum absolute atomic E-state index is 0.0266. The monoisotopic (exact) mass is 481 g/mol. The molecule has 2 aliphatic rings. The van der Waals surface area contributed by atoms with E-state index in [-0.39, 0.29) is 24.0 Å². The van der Waals surface area contributed by atoms with Crippen LogP contribution < -0.4 is 5.32 Å². The smallest absolute Gasteiger partial charge is 0.259 e. The molecule has 1 N–H and O–H groups in total. The number of ketones is 1. The first-order valence-corrected chi connectivity index (χ1v) is 12.5. The number of carbonyl (C=O) groups excluding carboxylic acids is 3. The maximum absolute atomic E-state index is 13.2. The fourth-order valence-corrected chi connectivity index (χ4v) is 5.91. The summed E-state index contributed by atoms with van der Waals surface area (Å²) in [5.41, 5.74) is 1.02. The molecule has 0 aromatic carbocycles. The minimum atomic E-state index is -0.391. The molecule has 2 amide bonds. The highest BCUT2D eigenvalue weighted by Crippen LogP contribution is 2.33. The molecule has 33 heavy (non-hydrogen) atoms. The minimum Gasteiger partial charge on any atom is -0.340 e. The van der Waals surface area contributed by atoms with Gasteiger partial charge < -0.3 is 4.90 Å². The number of Topliss-reactive ketones (excluding diaryl/α,β-unsaturated/α-hetero) is 1. The maximum Gasteiger partial charge on any atom is 0.259 e. The predicted octanol–water partition coefficient (Wildman–Crippen LogP) is 2.94. The zero-order chi connectivity index (χ0) is 22.8. The fraction of sp³-hybridized carbons (Fsp3) is 0.348. The van der Waals surface area contributed by atoms with Crippen LogP contribution in [-0.2, 0) is 17.8 Å². The quantitative estimate of drug-likeness (QED) is 0.602. The summed E-state index contributed by atoms with van der Waals surface area (Å²) in [5, 5.41) is 5.20. The average Bonchev–Trinajstić information content (AvgIpc) is 3.49. The Morgan fingerprint density at radius 3 is 2.70 bits per heavy atom. The molecule has 170 valence electrons. The van der Waals surface area contributed by atoms with Gasteiger partial charge in [0, 0.05) is 62.8 Å². The number of hydrogen-bond donors (Lipinski definition) is 1. The van der Waals surface area contributed by atoms with Crippen molar-refractivity contribution in [3.63, 3.8) is 0 Å². The predicted molar refractivity (Wildman–Crippen MR) is 127 cm³/mol. The Bertz CT molecular complexity index is 1150. The summed E-state index contributed by atoms with van der Waals surface area (Å²) in [5.74, 6) is -0.767.